The van der Waals surface area contributed by atoms with Gasteiger partial charge in [-0.2, -0.15) is 0 Å². The van der Waals surface area contributed by atoms with Gasteiger partial charge >= 0.3 is 0 Å². The molecular formula is C15H23NO2. The van der Waals surface area contributed by atoms with E-state index >= 15 is 0 Å². The molecule has 1 saturated heterocycles. The van der Waals surface area contributed by atoms with Crippen molar-refractivity contribution >= 4 is 0 Å². The minimum absolute atomic E-state index is 0.254. The molecule has 1 fully saturated rings. The Kier molecular flexibility index (Phi) is 4.75. The van der Waals surface area contributed by atoms with Crippen molar-refractivity contribution in [1.82, 2.24) is 5.32 Å². The van der Waals surface area contributed by atoms with E-state index in [1.165, 1.54) is 16.7 Å². The summed E-state index contributed by atoms with van der Waals surface area (Å²) in [5.74, 6) is 0. The highest BCUT2D eigenvalue weighted by Crippen LogP contribution is 2.19. The summed E-state index contributed by atoms with van der Waals surface area (Å²) in [6.07, 6.45) is 1.29. The van der Waals surface area contributed by atoms with Gasteiger partial charge in [0, 0.05) is 6.61 Å². The highest BCUT2D eigenvalue weighted by molar-refractivity contribution is 5.30. The molecule has 0 aromatic heterocycles. The van der Waals surface area contributed by atoms with Gasteiger partial charge in [-0.05, 0) is 32.9 Å². The van der Waals surface area contributed by atoms with Crippen LogP contribution < -0.4 is 5.32 Å². The van der Waals surface area contributed by atoms with Crippen LogP contribution in [0.25, 0.3) is 0 Å². The molecule has 1 aromatic carbocycles. The minimum atomic E-state index is 0.254. The Hall–Kier alpha value is -0.900. The third kappa shape index (κ3) is 3.55. The van der Waals surface area contributed by atoms with E-state index < -0.39 is 0 Å². The number of rotatable bonds is 5. The van der Waals surface area contributed by atoms with Crippen molar-refractivity contribution in [3.8, 4) is 0 Å². The van der Waals surface area contributed by atoms with Gasteiger partial charge in [0.1, 0.15) is 0 Å². The van der Waals surface area contributed by atoms with Crippen LogP contribution in [0.1, 0.15) is 29.2 Å². The lowest BCUT2D eigenvalue weighted by Crippen LogP contribution is -2.25. The first-order valence-electron chi connectivity index (χ1n) is 6.64. The number of hydrogen-bond acceptors (Lipinski definition) is 3. The van der Waals surface area contributed by atoms with Crippen molar-refractivity contribution in [3.63, 3.8) is 0 Å². The monoisotopic (exact) mass is 249 g/mol. The number of nitrogens with one attached hydrogen (secondary N) is 1. The highest BCUT2D eigenvalue weighted by Gasteiger charge is 2.18. The fraction of sp³-hybridized carbons (Fsp3) is 0.600. The molecule has 0 aliphatic carbocycles. The van der Waals surface area contributed by atoms with E-state index in [1.807, 2.05) is 7.05 Å². The summed E-state index contributed by atoms with van der Waals surface area (Å²) in [4.78, 5) is 0. The smallest absolute Gasteiger partial charge is 0.0831 e. The molecule has 100 valence electrons. The standard InChI is InChI=1S/C15H23NO2/c1-11-6-12(2)8-13(7-11)15(16-3)10-18-14-4-5-17-9-14/h6-8,14-16H,4-5,9-10H2,1-3H3. The number of ether oxygens (including phenoxy) is 2. The van der Waals surface area contributed by atoms with Gasteiger partial charge in [0.25, 0.3) is 0 Å². The fourth-order valence-electron chi connectivity index (χ4n) is 2.43. The molecule has 1 aliphatic heterocycles. The molecule has 1 aromatic rings. The van der Waals surface area contributed by atoms with E-state index in [0.29, 0.717) is 6.61 Å². The van der Waals surface area contributed by atoms with Crippen LogP contribution in [0.5, 0.6) is 0 Å². The van der Waals surface area contributed by atoms with Crippen molar-refractivity contribution in [2.75, 3.05) is 26.9 Å². The predicted molar refractivity (Wildman–Crippen MR) is 72.9 cm³/mol. The molecule has 1 heterocycles. The second-order valence-electron chi connectivity index (χ2n) is 5.08. The molecule has 0 radical (unpaired) electrons. The number of benzene rings is 1. The molecule has 1 aliphatic rings. The van der Waals surface area contributed by atoms with Crippen LogP contribution >= 0.6 is 0 Å². The van der Waals surface area contributed by atoms with Gasteiger partial charge < -0.3 is 14.8 Å². The summed E-state index contributed by atoms with van der Waals surface area (Å²) >= 11 is 0. The predicted octanol–water partition coefficient (Wildman–Crippen LogP) is 2.37. The zero-order valence-electron chi connectivity index (χ0n) is 11.5. The maximum atomic E-state index is 5.90. The third-order valence-electron chi connectivity index (χ3n) is 3.38. The number of hydrogen-bond donors (Lipinski definition) is 1. The maximum Gasteiger partial charge on any atom is 0.0831 e. The normalized spacial score (nSPS) is 21.2. The second kappa shape index (κ2) is 6.32. The molecule has 2 unspecified atom stereocenters. The van der Waals surface area contributed by atoms with Gasteiger partial charge in [0.15, 0.2) is 0 Å². The Morgan fingerprint density at radius 3 is 2.61 bits per heavy atom. The molecule has 3 nitrogen and oxygen atoms in total. The van der Waals surface area contributed by atoms with E-state index in [0.717, 1.165) is 19.6 Å². The van der Waals surface area contributed by atoms with Crippen LogP contribution in [-0.4, -0.2) is 33.0 Å². The SMILES string of the molecule is CNC(COC1CCOC1)c1cc(C)cc(C)c1. The largest absolute Gasteiger partial charge is 0.379 e. The van der Waals surface area contributed by atoms with Gasteiger partial charge in [0.2, 0.25) is 0 Å². The van der Waals surface area contributed by atoms with Gasteiger partial charge in [-0.1, -0.05) is 29.3 Å². The zero-order valence-corrected chi connectivity index (χ0v) is 11.5. The maximum absolute atomic E-state index is 5.90. The van der Waals surface area contributed by atoms with Crippen LogP contribution in [0.2, 0.25) is 0 Å². The van der Waals surface area contributed by atoms with Gasteiger partial charge in [-0.25, -0.2) is 0 Å². The van der Waals surface area contributed by atoms with Crippen LogP contribution in [-0.2, 0) is 9.47 Å². The Balaban J connectivity index is 1.98. The molecule has 18 heavy (non-hydrogen) atoms. The van der Waals surface area contributed by atoms with Crippen molar-refractivity contribution in [3.05, 3.63) is 34.9 Å². The molecule has 2 atom stereocenters. The first-order valence-corrected chi connectivity index (χ1v) is 6.64. The Bertz CT molecular complexity index is 366. The molecule has 0 bridgehead atoms. The quantitative estimate of drug-likeness (QED) is 0.869. The summed E-state index contributed by atoms with van der Waals surface area (Å²) in [7, 11) is 1.98. The van der Waals surface area contributed by atoms with E-state index in [9.17, 15) is 0 Å². The van der Waals surface area contributed by atoms with Crippen molar-refractivity contribution in [1.29, 1.82) is 0 Å². The molecule has 3 heteroatoms. The Morgan fingerprint density at radius 1 is 1.33 bits per heavy atom. The fourth-order valence-corrected chi connectivity index (χ4v) is 2.43. The second-order valence-corrected chi connectivity index (χ2v) is 5.08. The van der Waals surface area contributed by atoms with Gasteiger partial charge in [-0.15, -0.1) is 0 Å². The average molecular weight is 249 g/mol. The van der Waals surface area contributed by atoms with Crippen LogP contribution in [0.3, 0.4) is 0 Å². The molecule has 2 rings (SSSR count). The van der Waals surface area contributed by atoms with Crippen LogP contribution in [0.15, 0.2) is 18.2 Å². The molecule has 0 saturated carbocycles. The molecular weight excluding hydrogens is 226 g/mol. The summed E-state index contributed by atoms with van der Waals surface area (Å²) < 4.78 is 11.2. The summed E-state index contributed by atoms with van der Waals surface area (Å²) in [6.45, 7) is 6.54. The Labute approximate surface area is 109 Å². The van der Waals surface area contributed by atoms with E-state index in [-0.39, 0.29) is 12.1 Å². The average Bonchev–Trinajstić information content (AvgIpc) is 2.81. The zero-order chi connectivity index (χ0) is 13.0. The lowest BCUT2D eigenvalue weighted by atomic mass is 10.0. The number of likely N-dealkylation sites (N-methyl/N-ethyl adjacent to an activating group) is 1. The third-order valence-corrected chi connectivity index (χ3v) is 3.38. The topological polar surface area (TPSA) is 30.5 Å². The molecule has 0 spiro atoms. The summed E-state index contributed by atoms with van der Waals surface area (Å²) in [5, 5.41) is 3.33. The van der Waals surface area contributed by atoms with Gasteiger partial charge in [-0.3, -0.25) is 0 Å². The molecule has 0 amide bonds. The van der Waals surface area contributed by atoms with E-state index in [4.69, 9.17) is 9.47 Å². The van der Waals surface area contributed by atoms with Crippen molar-refractivity contribution < 1.29 is 9.47 Å². The lowest BCUT2D eigenvalue weighted by Gasteiger charge is -2.20. The van der Waals surface area contributed by atoms with E-state index in [2.05, 4.69) is 37.4 Å². The van der Waals surface area contributed by atoms with Crippen LogP contribution in [0.4, 0.5) is 0 Å². The first-order chi connectivity index (χ1) is 8.69. The minimum Gasteiger partial charge on any atom is -0.379 e. The van der Waals surface area contributed by atoms with E-state index in [1.54, 1.807) is 0 Å². The summed E-state index contributed by atoms with van der Waals surface area (Å²) in [5.41, 5.74) is 3.90. The molecule has 1 N–H and O–H groups in total. The van der Waals surface area contributed by atoms with Crippen molar-refractivity contribution in [2.45, 2.75) is 32.4 Å². The highest BCUT2D eigenvalue weighted by atomic mass is 16.5. The lowest BCUT2D eigenvalue weighted by molar-refractivity contribution is 0.0308. The summed E-state index contributed by atoms with van der Waals surface area (Å²) in [6, 6.07) is 6.90. The number of aryl methyl sites for hydroxylation is 2. The van der Waals surface area contributed by atoms with Gasteiger partial charge in [0.05, 0.1) is 25.4 Å². The van der Waals surface area contributed by atoms with Crippen LogP contribution in [0, 0.1) is 13.8 Å². The first kappa shape index (κ1) is 13.5. The van der Waals surface area contributed by atoms with Crippen molar-refractivity contribution in [2.24, 2.45) is 0 Å². The Morgan fingerprint density at radius 2 is 2.06 bits per heavy atom.